The first kappa shape index (κ1) is 20.6. The number of nitrogens with zero attached hydrogens (tertiary/aromatic N) is 3. The summed E-state index contributed by atoms with van der Waals surface area (Å²) >= 11 is 0. The van der Waals surface area contributed by atoms with Crippen molar-refractivity contribution in [1.29, 1.82) is 0 Å². The Bertz CT molecular complexity index is 1220. The van der Waals surface area contributed by atoms with E-state index in [0.29, 0.717) is 43.1 Å². The van der Waals surface area contributed by atoms with Crippen LogP contribution in [-0.4, -0.2) is 33.8 Å². The SMILES string of the molecule is CC(C)(C)c1nc2c(c(=O)[nH]1)CN(Cc1cccn1S(=O)(=O)c1ccccc1)CC2. The van der Waals surface area contributed by atoms with E-state index in [-0.39, 0.29) is 15.9 Å². The second-order valence-corrected chi connectivity index (χ2v) is 10.5. The normalized spacial score (nSPS) is 15.2. The molecule has 1 aromatic carbocycles. The Hall–Kier alpha value is -2.71. The van der Waals surface area contributed by atoms with Crippen molar-refractivity contribution in [1.82, 2.24) is 18.8 Å². The van der Waals surface area contributed by atoms with E-state index in [1.807, 2.05) is 20.8 Å². The molecule has 0 unspecified atom stereocenters. The van der Waals surface area contributed by atoms with Crippen molar-refractivity contribution >= 4 is 10.0 Å². The van der Waals surface area contributed by atoms with Gasteiger partial charge in [-0.3, -0.25) is 9.69 Å². The lowest BCUT2D eigenvalue weighted by Crippen LogP contribution is -2.37. The van der Waals surface area contributed by atoms with Crippen LogP contribution in [0, 0.1) is 0 Å². The lowest BCUT2D eigenvalue weighted by Gasteiger charge is -2.29. The maximum Gasteiger partial charge on any atom is 0.267 e. The van der Waals surface area contributed by atoms with Crippen molar-refractivity contribution in [3.8, 4) is 0 Å². The molecule has 1 N–H and O–H groups in total. The van der Waals surface area contributed by atoms with Gasteiger partial charge in [-0.25, -0.2) is 17.4 Å². The number of aromatic amines is 1. The van der Waals surface area contributed by atoms with Crippen molar-refractivity contribution in [3.05, 3.63) is 81.8 Å². The van der Waals surface area contributed by atoms with Crippen molar-refractivity contribution in [2.24, 2.45) is 0 Å². The van der Waals surface area contributed by atoms with Crippen LogP contribution >= 0.6 is 0 Å². The van der Waals surface area contributed by atoms with Crippen molar-refractivity contribution in [2.45, 2.75) is 50.6 Å². The van der Waals surface area contributed by atoms with E-state index in [1.165, 1.54) is 3.97 Å². The Balaban J connectivity index is 1.59. The van der Waals surface area contributed by atoms with Crippen LogP contribution in [-0.2, 0) is 34.9 Å². The van der Waals surface area contributed by atoms with Crippen LogP contribution in [0.3, 0.4) is 0 Å². The zero-order chi connectivity index (χ0) is 21.5. The minimum absolute atomic E-state index is 0.109. The van der Waals surface area contributed by atoms with Gasteiger partial charge in [0.2, 0.25) is 0 Å². The predicted molar refractivity (Wildman–Crippen MR) is 115 cm³/mol. The van der Waals surface area contributed by atoms with Gasteiger partial charge in [0.25, 0.3) is 15.6 Å². The number of aromatic nitrogens is 3. The number of H-pyrrole nitrogens is 1. The van der Waals surface area contributed by atoms with Crippen molar-refractivity contribution < 1.29 is 8.42 Å². The topological polar surface area (TPSA) is 88.1 Å². The second kappa shape index (κ2) is 7.52. The van der Waals surface area contributed by atoms with Crippen LogP contribution in [0.5, 0.6) is 0 Å². The Kier molecular flexibility index (Phi) is 5.15. The third-order valence-corrected chi connectivity index (χ3v) is 7.08. The smallest absolute Gasteiger partial charge is 0.267 e. The summed E-state index contributed by atoms with van der Waals surface area (Å²) in [5, 5.41) is 0. The Morgan fingerprint density at radius 2 is 1.83 bits per heavy atom. The van der Waals surface area contributed by atoms with Gasteiger partial charge in [-0.15, -0.1) is 0 Å². The zero-order valence-corrected chi connectivity index (χ0v) is 18.2. The van der Waals surface area contributed by atoms with E-state index >= 15 is 0 Å². The molecule has 1 aliphatic rings. The summed E-state index contributed by atoms with van der Waals surface area (Å²) in [6.07, 6.45) is 2.23. The van der Waals surface area contributed by atoms with Gasteiger partial charge in [-0.05, 0) is 24.3 Å². The number of rotatable bonds is 4. The molecular formula is C22H26N4O3S. The van der Waals surface area contributed by atoms with Crippen molar-refractivity contribution in [3.63, 3.8) is 0 Å². The molecule has 30 heavy (non-hydrogen) atoms. The summed E-state index contributed by atoms with van der Waals surface area (Å²) in [5.41, 5.74) is 1.84. The molecule has 7 nitrogen and oxygen atoms in total. The van der Waals surface area contributed by atoms with E-state index in [4.69, 9.17) is 4.98 Å². The first-order valence-corrected chi connectivity index (χ1v) is 11.4. The molecule has 8 heteroatoms. The van der Waals surface area contributed by atoms with Crippen LogP contribution < -0.4 is 5.56 Å². The standard InChI is InChI=1S/C22H26N4O3S/c1-22(2,3)21-23-19-11-13-25(15-18(19)20(27)24-21)14-16-8-7-12-26(16)30(28,29)17-9-5-4-6-10-17/h4-10,12H,11,13-15H2,1-3H3,(H,23,24,27). The summed E-state index contributed by atoms with van der Waals surface area (Å²) in [4.78, 5) is 22.6. The van der Waals surface area contributed by atoms with Gasteiger partial charge in [0.15, 0.2) is 0 Å². The average molecular weight is 427 g/mol. The number of fused-ring (bicyclic) bond motifs is 1. The average Bonchev–Trinajstić information content (AvgIpc) is 3.17. The van der Waals surface area contributed by atoms with Gasteiger partial charge in [-0.2, -0.15) is 0 Å². The predicted octanol–water partition coefficient (Wildman–Crippen LogP) is 2.66. The molecule has 2 aromatic heterocycles. The molecule has 0 saturated carbocycles. The molecule has 158 valence electrons. The number of hydrogen-bond donors (Lipinski definition) is 1. The van der Waals surface area contributed by atoms with Gasteiger partial charge in [0.1, 0.15) is 5.82 Å². The van der Waals surface area contributed by atoms with Crippen LogP contribution in [0.4, 0.5) is 0 Å². The molecule has 0 aliphatic carbocycles. The van der Waals surface area contributed by atoms with E-state index in [0.717, 1.165) is 5.69 Å². The minimum atomic E-state index is -3.66. The number of hydrogen-bond acceptors (Lipinski definition) is 5. The fraction of sp³-hybridized carbons (Fsp3) is 0.364. The van der Waals surface area contributed by atoms with Crippen molar-refractivity contribution in [2.75, 3.05) is 6.54 Å². The fourth-order valence-electron chi connectivity index (χ4n) is 3.66. The second-order valence-electron chi connectivity index (χ2n) is 8.66. The Labute approximate surface area is 176 Å². The lowest BCUT2D eigenvalue weighted by molar-refractivity contribution is 0.237. The molecule has 1 aliphatic heterocycles. The van der Waals surface area contributed by atoms with Crippen LogP contribution in [0.1, 0.15) is 43.5 Å². The van der Waals surface area contributed by atoms with Gasteiger partial charge >= 0.3 is 0 Å². The third kappa shape index (κ3) is 3.85. The summed E-state index contributed by atoms with van der Waals surface area (Å²) in [7, 11) is -3.66. The fourth-order valence-corrected chi connectivity index (χ4v) is 5.05. The highest BCUT2D eigenvalue weighted by atomic mass is 32.2. The lowest BCUT2D eigenvalue weighted by atomic mass is 9.95. The summed E-state index contributed by atoms with van der Waals surface area (Å²) < 4.78 is 27.4. The highest BCUT2D eigenvalue weighted by Crippen LogP contribution is 2.23. The largest absolute Gasteiger partial charge is 0.310 e. The van der Waals surface area contributed by atoms with Gasteiger partial charge in [-0.1, -0.05) is 39.0 Å². The Morgan fingerprint density at radius 1 is 1.10 bits per heavy atom. The molecule has 0 atom stereocenters. The molecule has 0 bridgehead atoms. The highest BCUT2D eigenvalue weighted by Gasteiger charge is 2.26. The first-order valence-electron chi connectivity index (χ1n) is 9.98. The molecular weight excluding hydrogens is 400 g/mol. The van der Waals surface area contributed by atoms with E-state index in [9.17, 15) is 13.2 Å². The molecule has 0 amide bonds. The molecule has 3 heterocycles. The minimum Gasteiger partial charge on any atom is -0.310 e. The zero-order valence-electron chi connectivity index (χ0n) is 17.4. The van der Waals surface area contributed by atoms with Crippen LogP contribution in [0.25, 0.3) is 0 Å². The first-order chi connectivity index (χ1) is 14.2. The summed E-state index contributed by atoms with van der Waals surface area (Å²) in [6, 6.07) is 11.9. The molecule has 0 spiro atoms. The maximum atomic E-state index is 13.0. The maximum absolute atomic E-state index is 13.0. The number of nitrogens with one attached hydrogen (secondary N) is 1. The molecule has 4 rings (SSSR count). The molecule has 0 fully saturated rings. The van der Waals surface area contributed by atoms with Gasteiger partial charge in [0.05, 0.1) is 16.2 Å². The molecule has 0 saturated heterocycles. The Morgan fingerprint density at radius 3 is 2.53 bits per heavy atom. The van der Waals surface area contributed by atoms with E-state index in [2.05, 4.69) is 9.88 Å². The quantitative estimate of drug-likeness (QED) is 0.693. The molecule has 3 aromatic rings. The van der Waals surface area contributed by atoms with Crippen LogP contribution in [0.15, 0.2) is 58.4 Å². The van der Waals surface area contributed by atoms with Gasteiger partial charge < -0.3 is 4.98 Å². The van der Waals surface area contributed by atoms with Crippen LogP contribution in [0.2, 0.25) is 0 Å². The summed E-state index contributed by atoms with van der Waals surface area (Å²) in [5.74, 6) is 0.697. The highest BCUT2D eigenvalue weighted by molar-refractivity contribution is 7.90. The van der Waals surface area contributed by atoms with E-state index < -0.39 is 10.0 Å². The monoisotopic (exact) mass is 426 g/mol. The van der Waals surface area contributed by atoms with Gasteiger partial charge in [0, 0.05) is 43.4 Å². The number of benzene rings is 1. The van der Waals surface area contributed by atoms with E-state index in [1.54, 1.807) is 48.7 Å². The third-order valence-electron chi connectivity index (χ3n) is 5.34. The molecule has 0 radical (unpaired) electrons. The summed E-state index contributed by atoms with van der Waals surface area (Å²) in [6.45, 7) is 7.65.